The number of hydrogen-bond acceptors (Lipinski definition) is 1. The van der Waals surface area contributed by atoms with E-state index in [-0.39, 0.29) is 18.8 Å². The molecule has 0 amide bonds. The average Bonchev–Trinajstić information content (AvgIpc) is 2.24. The molecule has 1 aromatic carbocycles. The summed E-state index contributed by atoms with van der Waals surface area (Å²) in [5.41, 5.74) is 5.67. The van der Waals surface area contributed by atoms with Crippen molar-refractivity contribution < 1.29 is 8.78 Å². The summed E-state index contributed by atoms with van der Waals surface area (Å²) >= 11 is 0. The van der Waals surface area contributed by atoms with E-state index < -0.39 is 5.67 Å². The Morgan fingerprint density at radius 3 is 2.62 bits per heavy atom. The van der Waals surface area contributed by atoms with Crippen molar-refractivity contribution >= 4 is 0 Å². The van der Waals surface area contributed by atoms with Gasteiger partial charge in [-0.2, -0.15) is 0 Å². The molecule has 1 aromatic rings. The molecule has 2 N–H and O–H groups in total. The number of rotatable bonds is 5. The molecular weight excluding hydrogens is 208 g/mol. The molecule has 3 heteroatoms. The molecule has 0 spiro atoms. The third-order valence-electron chi connectivity index (χ3n) is 2.88. The van der Waals surface area contributed by atoms with Gasteiger partial charge in [-0.15, -0.1) is 0 Å². The molecule has 0 heterocycles. The lowest BCUT2D eigenvalue weighted by molar-refractivity contribution is 0.158. The lowest BCUT2D eigenvalue weighted by Gasteiger charge is -2.24. The van der Waals surface area contributed by atoms with Crippen LogP contribution in [0.2, 0.25) is 0 Å². The maximum Gasteiger partial charge on any atom is 0.127 e. The maximum absolute atomic E-state index is 14.3. The normalized spacial score (nSPS) is 14.8. The van der Waals surface area contributed by atoms with Crippen LogP contribution in [-0.4, -0.2) is 12.2 Å². The Balaban J connectivity index is 2.89. The summed E-state index contributed by atoms with van der Waals surface area (Å²) in [6, 6.07) is 4.46. The van der Waals surface area contributed by atoms with Crippen LogP contribution in [0.25, 0.3) is 0 Å². The predicted octanol–water partition coefficient (Wildman–Crippen LogP) is 3.14. The van der Waals surface area contributed by atoms with Crippen LogP contribution in [-0.2, 0) is 6.42 Å². The minimum absolute atomic E-state index is 0.0171. The molecule has 0 aliphatic rings. The molecule has 1 unspecified atom stereocenters. The Morgan fingerprint density at radius 1 is 1.38 bits per heavy atom. The summed E-state index contributed by atoms with van der Waals surface area (Å²) in [5, 5.41) is 0. The van der Waals surface area contributed by atoms with Gasteiger partial charge in [-0.3, -0.25) is 0 Å². The van der Waals surface area contributed by atoms with Crippen LogP contribution in [0.1, 0.15) is 30.9 Å². The topological polar surface area (TPSA) is 26.0 Å². The Labute approximate surface area is 95.7 Å². The Morgan fingerprint density at radius 2 is 2.06 bits per heavy atom. The van der Waals surface area contributed by atoms with Crippen LogP contribution in [0.15, 0.2) is 18.2 Å². The van der Waals surface area contributed by atoms with Gasteiger partial charge in [0.1, 0.15) is 11.5 Å². The zero-order valence-corrected chi connectivity index (χ0v) is 9.89. The molecule has 0 aliphatic carbocycles. The highest BCUT2D eigenvalue weighted by Crippen LogP contribution is 2.24. The van der Waals surface area contributed by atoms with Gasteiger partial charge < -0.3 is 5.73 Å². The van der Waals surface area contributed by atoms with Gasteiger partial charge in [0.05, 0.1) is 0 Å². The first-order chi connectivity index (χ1) is 7.50. The first-order valence-electron chi connectivity index (χ1n) is 5.65. The van der Waals surface area contributed by atoms with Gasteiger partial charge in [-0.25, -0.2) is 8.78 Å². The van der Waals surface area contributed by atoms with Crippen molar-refractivity contribution in [2.75, 3.05) is 6.54 Å². The SMILES string of the molecule is CCCC(F)(CN)Cc1cc(F)ccc1C. The fourth-order valence-electron chi connectivity index (χ4n) is 1.88. The van der Waals surface area contributed by atoms with Crippen LogP contribution in [0, 0.1) is 12.7 Å². The monoisotopic (exact) mass is 227 g/mol. The molecule has 0 bridgehead atoms. The van der Waals surface area contributed by atoms with Crippen molar-refractivity contribution in [3.63, 3.8) is 0 Å². The van der Waals surface area contributed by atoms with Gasteiger partial charge in [-0.1, -0.05) is 19.4 Å². The average molecular weight is 227 g/mol. The maximum atomic E-state index is 14.3. The van der Waals surface area contributed by atoms with E-state index in [4.69, 9.17) is 5.73 Å². The third-order valence-corrected chi connectivity index (χ3v) is 2.88. The highest BCUT2D eigenvalue weighted by Gasteiger charge is 2.27. The summed E-state index contributed by atoms with van der Waals surface area (Å²) in [5.74, 6) is -0.323. The minimum Gasteiger partial charge on any atom is -0.328 e. The Kier molecular flexibility index (Phi) is 4.42. The molecule has 1 nitrogen and oxygen atoms in total. The highest BCUT2D eigenvalue weighted by atomic mass is 19.1. The highest BCUT2D eigenvalue weighted by molar-refractivity contribution is 5.28. The molecule has 0 fully saturated rings. The lowest BCUT2D eigenvalue weighted by Crippen LogP contribution is -2.35. The van der Waals surface area contributed by atoms with E-state index in [1.807, 2.05) is 13.8 Å². The van der Waals surface area contributed by atoms with Gasteiger partial charge >= 0.3 is 0 Å². The predicted molar refractivity (Wildman–Crippen MR) is 62.6 cm³/mol. The van der Waals surface area contributed by atoms with E-state index in [1.165, 1.54) is 12.1 Å². The van der Waals surface area contributed by atoms with Crippen LogP contribution in [0.3, 0.4) is 0 Å². The zero-order chi connectivity index (χ0) is 12.2. The Bertz CT molecular complexity index is 352. The molecule has 1 atom stereocenters. The van der Waals surface area contributed by atoms with Crippen molar-refractivity contribution in [2.45, 2.75) is 38.8 Å². The molecule has 16 heavy (non-hydrogen) atoms. The molecule has 0 saturated carbocycles. The van der Waals surface area contributed by atoms with Gasteiger partial charge in [-0.05, 0) is 36.6 Å². The zero-order valence-electron chi connectivity index (χ0n) is 9.89. The van der Waals surface area contributed by atoms with Gasteiger partial charge in [0.2, 0.25) is 0 Å². The van der Waals surface area contributed by atoms with Crippen LogP contribution < -0.4 is 5.73 Å². The number of hydrogen-bond donors (Lipinski definition) is 1. The van der Waals surface area contributed by atoms with Gasteiger partial charge in [0.15, 0.2) is 0 Å². The van der Waals surface area contributed by atoms with Crippen molar-refractivity contribution in [3.05, 3.63) is 35.1 Å². The lowest BCUT2D eigenvalue weighted by atomic mass is 9.90. The quantitative estimate of drug-likeness (QED) is 0.821. The third kappa shape index (κ3) is 3.27. The van der Waals surface area contributed by atoms with Gasteiger partial charge in [0, 0.05) is 13.0 Å². The van der Waals surface area contributed by atoms with Crippen molar-refractivity contribution in [2.24, 2.45) is 5.73 Å². The fourth-order valence-corrected chi connectivity index (χ4v) is 1.88. The standard InChI is InChI=1S/C13H19F2N/c1-3-6-13(15,9-16)8-11-7-12(14)5-4-10(11)2/h4-5,7H,3,6,8-9,16H2,1-2H3. The van der Waals surface area contributed by atoms with Crippen LogP contribution in [0.5, 0.6) is 0 Å². The van der Waals surface area contributed by atoms with Gasteiger partial charge in [0.25, 0.3) is 0 Å². The van der Waals surface area contributed by atoms with E-state index in [2.05, 4.69) is 0 Å². The summed E-state index contributed by atoms with van der Waals surface area (Å²) in [7, 11) is 0. The van der Waals surface area contributed by atoms with Crippen LogP contribution in [0.4, 0.5) is 8.78 Å². The van der Waals surface area contributed by atoms with E-state index in [0.29, 0.717) is 12.0 Å². The van der Waals surface area contributed by atoms with Crippen LogP contribution >= 0.6 is 0 Å². The first kappa shape index (κ1) is 13.1. The fraction of sp³-hybridized carbons (Fsp3) is 0.538. The molecule has 90 valence electrons. The number of benzene rings is 1. The first-order valence-corrected chi connectivity index (χ1v) is 5.65. The Hall–Kier alpha value is -0.960. The second-order valence-corrected chi connectivity index (χ2v) is 4.35. The smallest absolute Gasteiger partial charge is 0.127 e. The summed E-state index contributed by atoms with van der Waals surface area (Å²) in [4.78, 5) is 0. The summed E-state index contributed by atoms with van der Waals surface area (Å²) < 4.78 is 27.3. The summed E-state index contributed by atoms with van der Waals surface area (Å²) in [6.07, 6.45) is 1.35. The second kappa shape index (κ2) is 5.39. The van der Waals surface area contributed by atoms with E-state index >= 15 is 0 Å². The van der Waals surface area contributed by atoms with E-state index in [0.717, 1.165) is 12.0 Å². The molecule has 0 saturated heterocycles. The molecular formula is C13H19F2N. The number of halogens is 2. The van der Waals surface area contributed by atoms with Crippen molar-refractivity contribution in [1.29, 1.82) is 0 Å². The second-order valence-electron chi connectivity index (χ2n) is 4.35. The summed E-state index contributed by atoms with van der Waals surface area (Å²) in [6.45, 7) is 3.76. The largest absolute Gasteiger partial charge is 0.328 e. The minimum atomic E-state index is -1.41. The van der Waals surface area contributed by atoms with Crippen molar-refractivity contribution in [3.8, 4) is 0 Å². The number of alkyl halides is 1. The number of aryl methyl sites for hydroxylation is 1. The molecule has 0 aliphatic heterocycles. The van der Waals surface area contributed by atoms with E-state index in [1.54, 1.807) is 6.07 Å². The van der Waals surface area contributed by atoms with E-state index in [9.17, 15) is 8.78 Å². The number of nitrogens with two attached hydrogens (primary N) is 1. The molecule has 0 aromatic heterocycles. The molecule has 0 radical (unpaired) electrons. The van der Waals surface area contributed by atoms with Crippen molar-refractivity contribution in [1.82, 2.24) is 0 Å². The molecule has 1 rings (SSSR count).